The van der Waals surface area contributed by atoms with Crippen molar-refractivity contribution < 1.29 is 6.64 Å². The van der Waals surface area contributed by atoms with Gasteiger partial charge in [-0.1, -0.05) is 19.0 Å². The summed E-state index contributed by atoms with van der Waals surface area (Å²) in [6.45, 7) is 5.83. The number of oxime groups is 1. The molecular weight excluding hydrogens is 90.1 g/mol. The van der Waals surface area contributed by atoms with Gasteiger partial charge in [0.2, 0.25) is 0 Å². The van der Waals surface area contributed by atoms with Crippen molar-refractivity contribution in [1.29, 1.82) is 0 Å². The maximum atomic E-state index is 6.24. The first-order chi connectivity index (χ1) is 3.68. The topological polar surface area (TPSA) is 32.6 Å². The Hall–Kier alpha value is -0.530. The third kappa shape index (κ3) is 2.20. The minimum Gasteiger partial charge on any atom is -0.411 e. The number of rotatable bonds is 2. The number of hydrogen-bond acceptors (Lipinski definition) is 2. The van der Waals surface area contributed by atoms with Crippen molar-refractivity contribution in [3.63, 3.8) is 0 Å². The lowest BCUT2D eigenvalue weighted by Crippen LogP contribution is -2.00. The standard InChI is InChI=1S/C5H11NO/c1-4(2)5(3)6-7/h4,7H,1-3H3/b6-5+/i/hD. The summed E-state index contributed by atoms with van der Waals surface area (Å²) in [7, 11) is 0. The second-order valence-corrected chi connectivity index (χ2v) is 1.89. The SMILES string of the molecule is [2H]O/N=C(\C)C(C)C. The summed E-state index contributed by atoms with van der Waals surface area (Å²) >= 11 is 0. The Morgan fingerprint density at radius 1 is 1.86 bits per heavy atom. The highest BCUT2D eigenvalue weighted by Gasteiger charge is 1.94. The molecule has 0 saturated carbocycles. The van der Waals surface area contributed by atoms with Gasteiger partial charge in [-0.05, 0) is 12.8 Å². The van der Waals surface area contributed by atoms with E-state index in [0.29, 0.717) is 5.92 Å². The van der Waals surface area contributed by atoms with Crippen LogP contribution >= 0.6 is 0 Å². The highest BCUT2D eigenvalue weighted by molar-refractivity contribution is 5.82. The van der Waals surface area contributed by atoms with Crippen LogP contribution in [-0.2, 0) is 0 Å². The van der Waals surface area contributed by atoms with E-state index in [1.807, 2.05) is 20.8 Å². The second kappa shape index (κ2) is 2.61. The molecular formula is C5H11NO. The molecule has 0 aromatic carbocycles. The van der Waals surface area contributed by atoms with Crippen molar-refractivity contribution in [2.24, 2.45) is 11.1 Å². The molecule has 7 heavy (non-hydrogen) atoms. The molecule has 0 unspecified atom stereocenters. The molecule has 0 amide bonds. The Bertz CT molecular complexity index is 90.4. The first-order valence-electron chi connectivity index (χ1n) is 2.76. The van der Waals surface area contributed by atoms with Crippen LogP contribution in [0, 0.1) is 5.92 Å². The van der Waals surface area contributed by atoms with Crippen molar-refractivity contribution in [2.75, 3.05) is 0 Å². The fraction of sp³-hybridized carbons (Fsp3) is 0.800. The van der Waals surface area contributed by atoms with Gasteiger partial charge in [0.05, 0.1) is 5.71 Å². The Morgan fingerprint density at radius 2 is 2.43 bits per heavy atom. The minimum absolute atomic E-state index is 0.375. The van der Waals surface area contributed by atoms with E-state index in [9.17, 15) is 0 Å². The minimum atomic E-state index is 0.375. The maximum absolute atomic E-state index is 6.24. The fourth-order valence-electron chi connectivity index (χ4n) is 0.105. The van der Waals surface area contributed by atoms with Crippen LogP contribution in [0.1, 0.15) is 20.8 Å². The van der Waals surface area contributed by atoms with Crippen molar-refractivity contribution in [1.82, 2.24) is 0 Å². The van der Waals surface area contributed by atoms with Gasteiger partial charge in [0, 0.05) is 0 Å². The largest absolute Gasteiger partial charge is 0.411 e. The zero-order chi connectivity index (χ0) is 6.57. The molecule has 0 radical (unpaired) electrons. The molecule has 0 aliphatic heterocycles. The first-order valence-corrected chi connectivity index (χ1v) is 2.35. The Labute approximate surface area is 45.3 Å². The van der Waals surface area contributed by atoms with Crippen molar-refractivity contribution in [3.05, 3.63) is 0 Å². The van der Waals surface area contributed by atoms with Crippen LogP contribution in [0.4, 0.5) is 0 Å². The van der Waals surface area contributed by atoms with Crippen LogP contribution in [0.25, 0.3) is 0 Å². The molecule has 0 bridgehead atoms. The molecule has 0 aliphatic carbocycles. The van der Waals surface area contributed by atoms with Crippen LogP contribution in [0.15, 0.2) is 5.16 Å². The van der Waals surface area contributed by atoms with E-state index in [0.717, 1.165) is 5.71 Å². The van der Waals surface area contributed by atoms with Crippen LogP contribution in [0.5, 0.6) is 0 Å². The lowest BCUT2D eigenvalue weighted by Gasteiger charge is -1.96. The Balaban J connectivity index is 3.61. The van der Waals surface area contributed by atoms with E-state index in [4.69, 9.17) is 1.43 Å². The number of hydrogen-bond donors (Lipinski definition) is 1. The summed E-state index contributed by atoms with van der Waals surface area (Å²) in [6, 6.07) is 0. The Morgan fingerprint density at radius 3 is 2.57 bits per heavy atom. The molecule has 42 valence electrons. The van der Waals surface area contributed by atoms with E-state index in [1.54, 1.807) is 0 Å². The van der Waals surface area contributed by atoms with E-state index >= 15 is 0 Å². The average Bonchev–Trinajstić information content (AvgIpc) is 1.67. The molecule has 0 aromatic rings. The van der Waals surface area contributed by atoms with Crippen molar-refractivity contribution >= 4 is 5.71 Å². The van der Waals surface area contributed by atoms with Gasteiger partial charge in [-0.25, -0.2) is 0 Å². The zero-order valence-electron chi connectivity index (χ0n) is 5.93. The Kier molecular flexibility index (Phi) is 1.72. The zero-order valence-corrected chi connectivity index (χ0v) is 4.93. The highest BCUT2D eigenvalue weighted by atomic mass is 16.4. The summed E-state index contributed by atoms with van der Waals surface area (Å²) in [6.07, 6.45) is 0. The summed E-state index contributed by atoms with van der Waals surface area (Å²) in [5.74, 6) is 0.375. The summed E-state index contributed by atoms with van der Waals surface area (Å²) in [5.41, 5.74) is 0.847. The smallest absolute Gasteiger partial charge is 0.330 e. The van der Waals surface area contributed by atoms with Crippen molar-refractivity contribution in [2.45, 2.75) is 20.8 Å². The molecule has 0 rings (SSSR count). The molecule has 0 aromatic heterocycles. The van der Waals surface area contributed by atoms with Gasteiger partial charge in [0.1, 0.15) is 0 Å². The molecule has 0 spiro atoms. The summed E-state index contributed by atoms with van der Waals surface area (Å²) in [5, 5.41) is 7.21. The summed E-state index contributed by atoms with van der Waals surface area (Å²) < 4.78 is 6.24. The summed E-state index contributed by atoms with van der Waals surface area (Å²) in [4.78, 5) is 0. The van der Waals surface area contributed by atoms with Crippen LogP contribution < -0.4 is 0 Å². The number of nitrogens with zero attached hydrogens (tertiary/aromatic N) is 1. The van der Waals surface area contributed by atoms with E-state index in [-0.39, 0.29) is 0 Å². The molecule has 0 fully saturated rings. The third-order valence-electron chi connectivity index (χ3n) is 0.980. The van der Waals surface area contributed by atoms with Gasteiger partial charge in [0.15, 0.2) is 0 Å². The monoisotopic (exact) mass is 102 g/mol. The van der Waals surface area contributed by atoms with Gasteiger partial charge in [-0.3, -0.25) is 0 Å². The van der Waals surface area contributed by atoms with E-state index < -0.39 is 0 Å². The second-order valence-electron chi connectivity index (χ2n) is 1.89. The first kappa shape index (κ1) is 4.62. The lowest BCUT2D eigenvalue weighted by molar-refractivity contribution is 0.315. The normalized spacial score (nSPS) is 14.3. The molecule has 0 saturated heterocycles. The maximum Gasteiger partial charge on any atom is 0.330 e. The fourth-order valence-corrected chi connectivity index (χ4v) is 0.105. The third-order valence-corrected chi connectivity index (χ3v) is 0.980. The molecule has 0 heterocycles. The van der Waals surface area contributed by atoms with Crippen LogP contribution in [0.3, 0.4) is 0 Å². The van der Waals surface area contributed by atoms with Crippen LogP contribution in [-0.4, -0.2) is 10.9 Å². The highest BCUT2D eigenvalue weighted by Crippen LogP contribution is 1.93. The van der Waals surface area contributed by atoms with Gasteiger partial charge >= 0.3 is 1.43 Å². The predicted octanol–water partition coefficient (Wildman–Crippen LogP) is 1.49. The van der Waals surface area contributed by atoms with Gasteiger partial charge in [-0.2, -0.15) is 0 Å². The molecule has 0 aliphatic rings. The average molecular weight is 102 g/mol. The predicted molar refractivity (Wildman–Crippen MR) is 29.7 cm³/mol. The van der Waals surface area contributed by atoms with Gasteiger partial charge in [0.25, 0.3) is 0 Å². The molecule has 0 atom stereocenters. The molecule has 2 nitrogen and oxygen atoms in total. The van der Waals surface area contributed by atoms with Gasteiger partial charge < -0.3 is 5.21 Å². The van der Waals surface area contributed by atoms with E-state index in [1.165, 1.54) is 0 Å². The van der Waals surface area contributed by atoms with Gasteiger partial charge in [-0.15, -0.1) is 0 Å². The van der Waals surface area contributed by atoms with Crippen molar-refractivity contribution in [3.8, 4) is 0 Å². The lowest BCUT2D eigenvalue weighted by atomic mass is 10.1. The quantitative estimate of drug-likeness (QED) is 0.320. The van der Waals surface area contributed by atoms with Crippen LogP contribution in [0.2, 0.25) is 1.43 Å². The molecule has 1 N–H and O–H groups in total. The molecule has 2 heteroatoms. The van der Waals surface area contributed by atoms with E-state index in [2.05, 4.69) is 10.4 Å².